The van der Waals surface area contributed by atoms with Crippen molar-refractivity contribution in [3.63, 3.8) is 0 Å². The number of pyridine rings is 1. The molecule has 1 heterocycles. The minimum absolute atomic E-state index is 0.225. The van der Waals surface area contributed by atoms with E-state index in [4.69, 9.17) is 16.7 Å². The first-order valence-electron chi connectivity index (χ1n) is 6.26. The van der Waals surface area contributed by atoms with Gasteiger partial charge in [-0.05, 0) is 29.8 Å². The monoisotopic (exact) mass is 322 g/mol. The van der Waals surface area contributed by atoms with Crippen molar-refractivity contribution < 1.29 is 9.90 Å². The predicted molar refractivity (Wildman–Crippen MR) is 86.5 cm³/mol. The average molecular weight is 323 g/mol. The average Bonchev–Trinajstić information content (AvgIpc) is 2.46. The maximum Gasteiger partial charge on any atom is 0.338 e. The molecule has 0 aliphatic carbocycles. The first-order valence-corrected chi connectivity index (χ1v) is 7.62. The number of thioether (sulfide) groups is 1. The van der Waals surface area contributed by atoms with Crippen molar-refractivity contribution in [2.75, 3.05) is 19.0 Å². The maximum absolute atomic E-state index is 11.2. The lowest BCUT2D eigenvalue weighted by Gasteiger charge is -2.17. The normalized spacial score (nSPS) is 10.4. The highest BCUT2D eigenvalue weighted by molar-refractivity contribution is 7.98. The van der Waals surface area contributed by atoms with Crippen LogP contribution in [0.25, 0.3) is 0 Å². The van der Waals surface area contributed by atoms with Crippen LogP contribution in [0.2, 0.25) is 5.02 Å². The molecule has 0 saturated heterocycles. The van der Waals surface area contributed by atoms with Crippen molar-refractivity contribution in [1.29, 1.82) is 0 Å². The molecule has 0 unspecified atom stereocenters. The van der Waals surface area contributed by atoms with Gasteiger partial charge in [0.2, 0.25) is 0 Å². The Labute approximate surface area is 132 Å². The molecule has 1 N–H and O–H groups in total. The molecule has 1 aromatic heterocycles. The Morgan fingerprint density at radius 3 is 2.81 bits per heavy atom. The number of rotatable bonds is 5. The second-order valence-corrected chi connectivity index (χ2v) is 6.02. The lowest BCUT2D eigenvalue weighted by molar-refractivity contribution is 0.0692. The Kier molecular flexibility index (Phi) is 5.09. The van der Waals surface area contributed by atoms with Crippen LogP contribution >= 0.6 is 23.4 Å². The number of aromatic carboxylic acids is 1. The second-order valence-electron chi connectivity index (χ2n) is 4.62. The van der Waals surface area contributed by atoms with Gasteiger partial charge in [-0.15, -0.1) is 11.8 Å². The summed E-state index contributed by atoms with van der Waals surface area (Å²) in [7, 11) is 3.90. The summed E-state index contributed by atoms with van der Waals surface area (Å²) in [6, 6.07) is 8.87. The van der Waals surface area contributed by atoms with Crippen molar-refractivity contribution in [2.45, 2.75) is 10.8 Å². The third kappa shape index (κ3) is 3.89. The summed E-state index contributed by atoms with van der Waals surface area (Å²) in [5, 5.41) is 10.4. The SMILES string of the molecule is CN(C)c1cc(Cl)ccc1CSc1ncccc1C(=O)O. The van der Waals surface area contributed by atoms with Gasteiger partial charge in [-0.2, -0.15) is 0 Å². The van der Waals surface area contributed by atoms with Gasteiger partial charge in [0.15, 0.2) is 0 Å². The molecule has 0 aliphatic heterocycles. The van der Waals surface area contributed by atoms with E-state index in [-0.39, 0.29) is 5.56 Å². The van der Waals surface area contributed by atoms with E-state index in [2.05, 4.69) is 4.98 Å². The van der Waals surface area contributed by atoms with Crippen molar-refractivity contribution >= 4 is 35.0 Å². The molecule has 0 spiro atoms. The lowest BCUT2D eigenvalue weighted by atomic mass is 10.2. The number of anilines is 1. The van der Waals surface area contributed by atoms with Gasteiger partial charge in [-0.3, -0.25) is 0 Å². The molecule has 0 bridgehead atoms. The van der Waals surface area contributed by atoms with Crippen LogP contribution in [0.5, 0.6) is 0 Å². The standard InChI is InChI=1S/C15H15ClN2O2S/c1-18(2)13-8-11(16)6-5-10(13)9-21-14-12(15(19)20)4-3-7-17-14/h3-8H,9H2,1-2H3,(H,19,20). The van der Waals surface area contributed by atoms with Crippen LogP contribution in [-0.2, 0) is 5.75 Å². The zero-order valence-corrected chi connectivity index (χ0v) is 13.3. The molecule has 0 amide bonds. The quantitative estimate of drug-likeness (QED) is 0.849. The number of nitrogens with zero attached hydrogens (tertiary/aromatic N) is 2. The summed E-state index contributed by atoms with van der Waals surface area (Å²) < 4.78 is 0. The number of carboxylic acids is 1. The van der Waals surface area contributed by atoms with E-state index in [0.29, 0.717) is 15.8 Å². The summed E-state index contributed by atoms with van der Waals surface area (Å²) in [6.45, 7) is 0. The van der Waals surface area contributed by atoms with Crippen LogP contribution in [0, 0.1) is 0 Å². The lowest BCUT2D eigenvalue weighted by Crippen LogP contribution is -2.11. The Bertz CT molecular complexity index is 662. The van der Waals surface area contributed by atoms with Gasteiger partial charge in [-0.25, -0.2) is 9.78 Å². The van der Waals surface area contributed by atoms with Gasteiger partial charge in [-0.1, -0.05) is 17.7 Å². The van der Waals surface area contributed by atoms with Crippen molar-refractivity contribution in [3.05, 3.63) is 52.7 Å². The Hall–Kier alpha value is -1.72. The molecule has 110 valence electrons. The minimum atomic E-state index is -0.963. The molecular formula is C15H15ClN2O2S. The van der Waals surface area contributed by atoms with Crippen LogP contribution in [0.3, 0.4) is 0 Å². The number of carboxylic acid groups (broad SMARTS) is 1. The van der Waals surface area contributed by atoms with Gasteiger partial charge in [0.25, 0.3) is 0 Å². The third-order valence-corrected chi connectivity index (χ3v) is 4.18. The number of hydrogen-bond donors (Lipinski definition) is 1. The molecule has 6 heteroatoms. The fourth-order valence-corrected chi connectivity index (χ4v) is 3.04. The number of aromatic nitrogens is 1. The van der Waals surface area contributed by atoms with E-state index < -0.39 is 5.97 Å². The van der Waals surface area contributed by atoms with Crippen LogP contribution in [0.15, 0.2) is 41.6 Å². The topological polar surface area (TPSA) is 53.4 Å². The summed E-state index contributed by atoms with van der Waals surface area (Å²) in [4.78, 5) is 17.3. The Morgan fingerprint density at radius 1 is 1.38 bits per heavy atom. The molecule has 0 atom stereocenters. The molecule has 4 nitrogen and oxygen atoms in total. The summed E-state index contributed by atoms with van der Waals surface area (Å²) in [6.07, 6.45) is 1.60. The predicted octanol–water partition coefficient (Wildman–Crippen LogP) is 3.79. The van der Waals surface area contributed by atoms with E-state index in [1.54, 1.807) is 18.3 Å². The number of hydrogen-bond acceptors (Lipinski definition) is 4. The Morgan fingerprint density at radius 2 is 2.14 bits per heavy atom. The third-order valence-electron chi connectivity index (χ3n) is 2.90. The minimum Gasteiger partial charge on any atom is -0.478 e. The van der Waals surface area contributed by atoms with Crippen LogP contribution in [-0.4, -0.2) is 30.2 Å². The van der Waals surface area contributed by atoms with Crippen LogP contribution in [0.1, 0.15) is 15.9 Å². The molecule has 21 heavy (non-hydrogen) atoms. The van der Waals surface area contributed by atoms with Crippen molar-refractivity contribution in [2.24, 2.45) is 0 Å². The molecule has 2 aromatic rings. The molecule has 0 radical (unpaired) electrons. The molecule has 1 aromatic carbocycles. The van der Waals surface area contributed by atoms with Gasteiger partial charge < -0.3 is 10.0 Å². The first-order chi connectivity index (χ1) is 9.99. The van der Waals surface area contributed by atoms with E-state index in [1.807, 2.05) is 37.2 Å². The fourth-order valence-electron chi connectivity index (χ4n) is 1.89. The van der Waals surface area contributed by atoms with Gasteiger partial charge >= 0.3 is 5.97 Å². The fraction of sp³-hybridized carbons (Fsp3) is 0.200. The molecule has 0 saturated carbocycles. The van der Waals surface area contributed by atoms with E-state index in [1.165, 1.54) is 11.8 Å². The number of halogens is 1. The molecular weight excluding hydrogens is 308 g/mol. The smallest absolute Gasteiger partial charge is 0.338 e. The highest BCUT2D eigenvalue weighted by Gasteiger charge is 2.12. The summed E-state index contributed by atoms with van der Waals surface area (Å²) in [5.74, 6) is -0.336. The molecule has 2 rings (SSSR count). The Balaban J connectivity index is 2.23. The van der Waals surface area contributed by atoms with E-state index in [0.717, 1.165) is 11.3 Å². The maximum atomic E-state index is 11.2. The van der Waals surface area contributed by atoms with Crippen molar-refractivity contribution in [3.8, 4) is 0 Å². The zero-order chi connectivity index (χ0) is 15.4. The summed E-state index contributed by atoms with van der Waals surface area (Å²) >= 11 is 7.43. The molecule has 0 aliphatic rings. The van der Waals surface area contributed by atoms with Gasteiger partial charge in [0.05, 0.1) is 5.56 Å². The van der Waals surface area contributed by atoms with Gasteiger partial charge in [0.1, 0.15) is 5.03 Å². The first kappa shape index (κ1) is 15.7. The van der Waals surface area contributed by atoms with E-state index >= 15 is 0 Å². The van der Waals surface area contributed by atoms with E-state index in [9.17, 15) is 4.79 Å². The van der Waals surface area contributed by atoms with Crippen LogP contribution < -0.4 is 4.90 Å². The second kappa shape index (κ2) is 6.83. The molecule has 0 fully saturated rings. The highest BCUT2D eigenvalue weighted by atomic mass is 35.5. The summed E-state index contributed by atoms with van der Waals surface area (Å²) in [5.41, 5.74) is 2.32. The van der Waals surface area contributed by atoms with Crippen molar-refractivity contribution in [1.82, 2.24) is 4.98 Å². The van der Waals surface area contributed by atoms with Gasteiger partial charge in [0, 0.05) is 36.8 Å². The zero-order valence-electron chi connectivity index (χ0n) is 11.7. The number of carbonyl (C=O) groups is 1. The van der Waals surface area contributed by atoms with Crippen LogP contribution in [0.4, 0.5) is 5.69 Å². The highest BCUT2D eigenvalue weighted by Crippen LogP contribution is 2.30. The largest absolute Gasteiger partial charge is 0.478 e. The number of benzene rings is 1.